The van der Waals surface area contributed by atoms with E-state index in [2.05, 4.69) is 19.9 Å². The number of alkyl halides is 2. The third-order valence-corrected chi connectivity index (χ3v) is 14.6. The summed E-state index contributed by atoms with van der Waals surface area (Å²) in [6.07, 6.45) is 6.09. The Morgan fingerprint density at radius 1 is 0.853 bits per heavy atom. The maximum atomic E-state index is 15.5. The quantitative estimate of drug-likeness (QED) is 0.209. The number of rotatable bonds is 8. The number of ether oxygens (including phenoxy) is 1. The Balaban J connectivity index is 0.835. The molecule has 0 aliphatic carbocycles. The molecule has 6 amide bonds. The number of hydrogen-bond donors (Lipinski definition) is 1. The van der Waals surface area contributed by atoms with Gasteiger partial charge in [0.25, 0.3) is 18.2 Å². The van der Waals surface area contributed by atoms with Crippen LogP contribution in [0.2, 0.25) is 0 Å². The first kappa shape index (κ1) is 43.5. The zero-order chi connectivity index (χ0) is 47.0. The van der Waals surface area contributed by atoms with Crippen LogP contribution >= 0.6 is 0 Å². The maximum Gasteiger partial charge on any atom is 0.264 e. The largest absolute Gasteiger partial charge is 0.381 e. The van der Waals surface area contributed by atoms with Gasteiger partial charge in [0.05, 0.1) is 29.2 Å². The summed E-state index contributed by atoms with van der Waals surface area (Å²) in [5.41, 5.74) is 6.21. The first-order valence-electron chi connectivity index (χ1n) is 23.4. The number of piperidine rings is 1. The predicted molar refractivity (Wildman–Crippen MR) is 243 cm³/mol. The Hall–Kier alpha value is -7.02. The SMILES string of the molecule is CC(=O)N1CCc2c(c(N3CCCc4cc(-c5cn(CC(=O)N6CCN(c7ccc8c(c7)C(=O)N(C7CCC(=O)NC7=O)C8=O)CC6)c6ccncc56)c(C(F)F)cc43)nn2C2CCOCC2)C1. The minimum absolute atomic E-state index is 0.0169. The molecule has 68 heavy (non-hydrogen) atoms. The highest BCUT2D eigenvalue weighted by atomic mass is 19.3. The molecular weight excluding hydrogens is 879 g/mol. The average Bonchev–Trinajstić information content (AvgIpc) is 3.99. The van der Waals surface area contributed by atoms with Crippen molar-refractivity contribution in [2.24, 2.45) is 0 Å². The van der Waals surface area contributed by atoms with E-state index in [1.54, 1.807) is 65.3 Å². The summed E-state index contributed by atoms with van der Waals surface area (Å²) in [5, 5.41) is 8.08. The van der Waals surface area contributed by atoms with E-state index in [9.17, 15) is 28.8 Å². The molecule has 3 saturated heterocycles. The number of carbonyl (C=O) groups is 6. The smallest absolute Gasteiger partial charge is 0.264 e. The number of hydrogen-bond acceptors (Lipinski definition) is 11. The van der Waals surface area contributed by atoms with Crippen LogP contribution in [0.4, 0.5) is 26.0 Å². The van der Waals surface area contributed by atoms with Crippen LogP contribution < -0.4 is 15.1 Å². The fourth-order valence-electron chi connectivity index (χ4n) is 11.0. The number of pyridine rings is 1. The maximum absolute atomic E-state index is 15.5. The summed E-state index contributed by atoms with van der Waals surface area (Å²) in [7, 11) is 0. The number of benzene rings is 2. The second kappa shape index (κ2) is 17.2. The van der Waals surface area contributed by atoms with Gasteiger partial charge in [-0.15, -0.1) is 0 Å². The summed E-state index contributed by atoms with van der Waals surface area (Å²) in [6.45, 7) is 6.05. The number of carbonyl (C=O) groups excluding carboxylic acids is 6. The van der Waals surface area contributed by atoms with Crippen molar-refractivity contribution >= 4 is 63.5 Å². The van der Waals surface area contributed by atoms with E-state index in [0.29, 0.717) is 111 Å². The average molecular weight is 929 g/mol. The van der Waals surface area contributed by atoms with Crippen LogP contribution in [0.5, 0.6) is 0 Å². The first-order chi connectivity index (χ1) is 32.9. The number of nitrogens with one attached hydrogen (secondary N) is 1. The van der Waals surface area contributed by atoms with E-state index in [0.717, 1.165) is 41.0 Å². The van der Waals surface area contributed by atoms with Gasteiger partial charge < -0.3 is 28.9 Å². The van der Waals surface area contributed by atoms with Crippen molar-refractivity contribution < 1.29 is 42.3 Å². The molecule has 11 rings (SSSR count). The Labute approximate surface area is 389 Å². The standard InChI is InChI=1S/C49H50F2N10O7/c1-28(62)57-14-9-40-38(26-57)46(54-61(40)30-10-19-68-20-11-30)59-13-2-3-29-21-33(34(45(50)51)23-42(29)59)37-25-58(39-8-12-52-24-36(37)39)27-44(64)56-17-15-55(16-18-56)31-4-5-32-35(22-31)49(67)60(48(32)66)41-6-7-43(63)53-47(41)65/h4-5,8,12,21-25,30,41,45H,2-3,6-7,9-11,13-20,26-27H2,1H3,(H,53,63,65). The molecule has 1 unspecified atom stereocenters. The van der Waals surface area contributed by atoms with E-state index >= 15 is 8.78 Å². The second-order valence-electron chi connectivity index (χ2n) is 18.5. The monoisotopic (exact) mass is 928 g/mol. The number of anilines is 3. The van der Waals surface area contributed by atoms with Gasteiger partial charge in [-0.1, -0.05) is 0 Å². The number of aromatic nitrogens is 4. The fourth-order valence-corrected chi connectivity index (χ4v) is 11.0. The molecule has 0 saturated carbocycles. The highest BCUT2D eigenvalue weighted by molar-refractivity contribution is 6.23. The number of fused-ring (bicyclic) bond motifs is 4. The van der Waals surface area contributed by atoms with Gasteiger partial charge >= 0.3 is 0 Å². The van der Waals surface area contributed by atoms with E-state index in [-0.39, 0.29) is 53.9 Å². The number of aryl methyl sites for hydroxylation is 1. The lowest BCUT2D eigenvalue weighted by atomic mass is 9.91. The van der Waals surface area contributed by atoms with Crippen LogP contribution in [0.15, 0.2) is 55.0 Å². The van der Waals surface area contributed by atoms with Crippen LogP contribution in [0, 0.1) is 0 Å². The molecule has 1 N–H and O–H groups in total. The Morgan fingerprint density at radius 3 is 2.41 bits per heavy atom. The number of piperazine rings is 1. The molecule has 5 aromatic rings. The van der Waals surface area contributed by atoms with Crippen LogP contribution in [0.1, 0.15) is 94.6 Å². The zero-order valence-corrected chi connectivity index (χ0v) is 37.6. The Kier molecular flexibility index (Phi) is 11.0. The highest BCUT2D eigenvalue weighted by Crippen LogP contribution is 2.45. The molecule has 0 spiro atoms. The van der Waals surface area contributed by atoms with Gasteiger partial charge in [-0.2, -0.15) is 5.10 Å². The van der Waals surface area contributed by atoms with Crippen molar-refractivity contribution in [3.63, 3.8) is 0 Å². The fraction of sp³-hybridized carbons (Fsp3) is 0.429. The molecule has 3 aromatic heterocycles. The lowest BCUT2D eigenvalue weighted by Gasteiger charge is -2.36. The molecule has 17 nitrogen and oxygen atoms in total. The molecule has 352 valence electrons. The van der Waals surface area contributed by atoms with Crippen molar-refractivity contribution in [3.05, 3.63) is 88.5 Å². The lowest BCUT2D eigenvalue weighted by molar-refractivity contribution is -0.136. The molecule has 3 fully saturated rings. The molecule has 2 aromatic carbocycles. The van der Waals surface area contributed by atoms with Crippen molar-refractivity contribution in [1.29, 1.82) is 0 Å². The van der Waals surface area contributed by atoms with E-state index in [1.165, 1.54) is 0 Å². The molecule has 6 aliphatic heterocycles. The van der Waals surface area contributed by atoms with Crippen molar-refractivity contribution in [2.45, 2.75) is 83.5 Å². The van der Waals surface area contributed by atoms with Gasteiger partial charge in [-0.25, -0.2) is 8.78 Å². The van der Waals surface area contributed by atoms with Crippen molar-refractivity contribution in [1.82, 2.24) is 39.3 Å². The molecule has 19 heteroatoms. The first-order valence-corrected chi connectivity index (χ1v) is 23.4. The second-order valence-corrected chi connectivity index (χ2v) is 18.5. The van der Waals surface area contributed by atoms with Crippen LogP contribution in [-0.2, 0) is 49.8 Å². The summed E-state index contributed by atoms with van der Waals surface area (Å²) >= 11 is 0. The van der Waals surface area contributed by atoms with Gasteiger partial charge in [-0.05, 0) is 79.6 Å². The van der Waals surface area contributed by atoms with Gasteiger partial charge in [-0.3, -0.25) is 48.6 Å². The summed E-state index contributed by atoms with van der Waals surface area (Å²) in [4.78, 5) is 90.6. The number of halogens is 2. The molecule has 1 atom stereocenters. The normalized spacial score (nSPS) is 20.1. The van der Waals surface area contributed by atoms with Gasteiger partial charge in [0.15, 0.2) is 5.82 Å². The summed E-state index contributed by atoms with van der Waals surface area (Å²) in [6, 6.07) is 9.33. The van der Waals surface area contributed by atoms with Gasteiger partial charge in [0, 0.05) is 130 Å². The summed E-state index contributed by atoms with van der Waals surface area (Å²) < 4.78 is 40.5. The zero-order valence-electron chi connectivity index (χ0n) is 37.6. The number of amides is 6. The molecule has 6 aliphatic rings. The van der Waals surface area contributed by atoms with Gasteiger partial charge in [0.2, 0.25) is 23.6 Å². The van der Waals surface area contributed by atoms with E-state index in [1.807, 2.05) is 15.9 Å². The third kappa shape index (κ3) is 7.46. The van der Waals surface area contributed by atoms with Gasteiger partial charge in [0.1, 0.15) is 12.6 Å². The topological polar surface area (TPSA) is 176 Å². The lowest BCUT2D eigenvalue weighted by Crippen LogP contribution is -2.54. The Bertz CT molecular complexity index is 2930. The summed E-state index contributed by atoms with van der Waals surface area (Å²) in [5.74, 6) is -1.73. The Morgan fingerprint density at radius 2 is 1.65 bits per heavy atom. The van der Waals surface area contributed by atoms with Crippen LogP contribution in [0.25, 0.3) is 22.0 Å². The molecule has 0 radical (unpaired) electrons. The van der Waals surface area contributed by atoms with Crippen molar-refractivity contribution in [2.75, 3.05) is 62.3 Å². The highest BCUT2D eigenvalue weighted by Gasteiger charge is 2.45. The van der Waals surface area contributed by atoms with Crippen LogP contribution in [0.3, 0.4) is 0 Å². The van der Waals surface area contributed by atoms with Crippen molar-refractivity contribution in [3.8, 4) is 11.1 Å². The minimum Gasteiger partial charge on any atom is -0.381 e. The van der Waals surface area contributed by atoms with E-state index < -0.39 is 36.1 Å². The third-order valence-electron chi connectivity index (χ3n) is 14.6. The molecule has 9 heterocycles. The number of nitrogens with zero attached hydrogens (tertiary/aromatic N) is 9. The van der Waals surface area contributed by atoms with E-state index in [4.69, 9.17) is 9.84 Å². The number of imide groups is 2. The predicted octanol–water partition coefficient (Wildman–Crippen LogP) is 4.93. The molecular formula is C49H50F2N10O7. The van der Waals surface area contributed by atoms with Crippen LogP contribution in [-0.4, -0.2) is 128 Å². The minimum atomic E-state index is -2.82. The molecule has 0 bridgehead atoms.